The summed E-state index contributed by atoms with van der Waals surface area (Å²) in [5, 5.41) is 2.95. The van der Waals surface area contributed by atoms with E-state index in [0.29, 0.717) is 21.9 Å². The maximum absolute atomic E-state index is 12.6. The topological polar surface area (TPSA) is 107 Å². The van der Waals surface area contributed by atoms with Gasteiger partial charge in [-0.25, -0.2) is 9.78 Å². The van der Waals surface area contributed by atoms with Gasteiger partial charge in [-0.2, -0.15) is 0 Å². The first-order chi connectivity index (χ1) is 11.0. The summed E-state index contributed by atoms with van der Waals surface area (Å²) in [6, 6.07) is 0.941. The number of thioether (sulfide) groups is 1. The highest BCUT2D eigenvalue weighted by molar-refractivity contribution is 7.99. The third-order valence-electron chi connectivity index (χ3n) is 2.92. The molecule has 0 unspecified atom stereocenters. The Bertz CT molecular complexity index is 825. The number of carbonyl (C=O) groups is 2. The van der Waals surface area contributed by atoms with E-state index in [0.717, 1.165) is 23.1 Å². The van der Waals surface area contributed by atoms with Gasteiger partial charge in [-0.1, -0.05) is 24.8 Å². The van der Waals surface area contributed by atoms with Gasteiger partial charge in [-0.05, 0) is 12.5 Å². The highest BCUT2D eigenvalue weighted by atomic mass is 32.2. The van der Waals surface area contributed by atoms with Crippen molar-refractivity contribution in [1.82, 2.24) is 14.9 Å². The number of carbonyl (C=O) groups excluding carboxylic acids is 2. The third kappa shape index (κ3) is 3.99. The predicted molar refractivity (Wildman–Crippen MR) is 91.9 cm³/mol. The number of nitrogens with two attached hydrogens (primary N) is 1. The Labute approximate surface area is 140 Å². The fourth-order valence-corrected chi connectivity index (χ4v) is 3.74. The van der Waals surface area contributed by atoms with E-state index in [1.54, 1.807) is 6.08 Å². The van der Waals surface area contributed by atoms with Crippen molar-refractivity contribution in [2.24, 2.45) is 5.73 Å². The SMILES string of the molecule is C=CCn1c(SCC(=O)NC(N)=O)nc2sc(CC)cc2c1=O. The molecule has 3 amide bonds. The third-order valence-corrected chi connectivity index (χ3v) is 5.07. The number of aromatic nitrogens is 2. The van der Waals surface area contributed by atoms with Crippen molar-refractivity contribution in [2.45, 2.75) is 25.0 Å². The molecule has 3 N–H and O–H groups in total. The van der Waals surface area contributed by atoms with E-state index >= 15 is 0 Å². The minimum atomic E-state index is -0.909. The summed E-state index contributed by atoms with van der Waals surface area (Å²) >= 11 is 2.53. The molecule has 0 saturated heterocycles. The normalized spacial score (nSPS) is 10.7. The number of imide groups is 1. The van der Waals surface area contributed by atoms with Gasteiger partial charge in [0.15, 0.2) is 5.16 Å². The van der Waals surface area contributed by atoms with Crippen LogP contribution < -0.4 is 16.6 Å². The van der Waals surface area contributed by atoms with Crippen LogP contribution in [0, 0.1) is 0 Å². The molecule has 0 saturated carbocycles. The maximum atomic E-state index is 12.6. The van der Waals surface area contributed by atoms with Crippen LogP contribution in [0.1, 0.15) is 11.8 Å². The molecular weight excluding hydrogens is 336 g/mol. The van der Waals surface area contributed by atoms with Crippen LogP contribution in [0.5, 0.6) is 0 Å². The van der Waals surface area contributed by atoms with E-state index in [9.17, 15) is 14.4 Å². The van der Waals surface area contributed by atoms with Gasteiger partial charge < -0.3 is 5.73 Å². The van der Waals surface area contributed by atoms with Gasteiger partial charge in [0.05, 0.1) is 11.1 Å². The van der Waals surface area contributed by atoms with Gasteiger partial charge in [0, 0.05) is 11.4 Å². The number of hydrogen-bond donors (Lipinski definition) is 2. The van der Waals surface area contributed by atoms with E-state index in [4.69, 9.17) is 5.73 Å². The van der Waals surface area contributed by atoms with E-state index < -0.39 is 11.9 Å². The summed E-state index contributed by atoms with van der Waals surface area (Å²) in [6.07, 6.45) is 2.42. The van der Waals surface area contributed by atoms with Crippen molar-refractivity contribution in [1.29, 1.82) is 0 Å². The van der Waals surface area contributed by atoms with Crippen molar-refractivity contribution in [3.05, 3.63) is 34.0 Å². The number of urea groups is 1. The Kier molecular flexibility index (Phi) is 5.56. The van der Waals surface area contributed by atoms with Crippen LogP contribution in [0.25, 0.3) is 10.2 Å². The van der Waals surface area contributed by atoms with Crippen molar-refractivity contribution >= 4 is 45.3 Å². The van der Waals surface area contributed by atoms with Gasteiger partial charge >= 0.3 is 6.03 Å². The Balaban J connectivity index is 2.38. The maximum Gasteiger partial charge on any atom is 0.318 e. The molecule has 0 aromatic carbocycles. The molecule has 9 heteroatoms. The number of rotatable bonds is 6. The second kappa shape index (κ2) is 7.42. The highest BCUT2D eigenvalue weighted by Crippen LogP contribution is 2.25. The zero-order chi connectivity index (χ0) is 17.0. The molecule has 0 atom stereocenters. The quantitative estimate of drug-likeness (QED) is 0.465. The van der Waals surface area contributed by atoms with Crippen LogP contribution in [0.15, 0.2) is 28.7 Å². The first-order valence-electron chi connectivity index (χ1n) is 6.82. The van der Waals surface area contributed by atoms with Gasteiger partial charge in [0.2, 0.25) is 5.91 Å². The molecule has 122 valence electrons. The smallest absolute Gasteiger partial charge is 0.318 e. The van der Waals surface area contributed by atoms with Gasteiger partial charge in [0.1, 0.15) is 4.83 Å². The molecule has 2 heterocycles. The van der Waals surface area contributed by atoms with Gasteiger partial charge in [-0.3, -0.25) is 19.5 Å². The molecule has 23 heavy (non-hydrogen) atoms. The highest BCUT2D eigenvalue weighted by Gasteiger charge is 2.15. The number of fused-ring (bicyclic) bond motifs is 1. The predicted octanol–water partition coefficient (Wildman–Crippen LogP) is 1.49. The lowest BCUT2D eigenvalue weighted by molar-refractivity contribution is -0.117. The summed E-state index contributed by atoms with van der Waals surface area (Å²) in [6.45, 7) is 5.94. The van der Waals surface area contributed by atoms with Crippen LogP contribution in [0.4, 0.5) is 4.79 Å². The summed E-state index contributed by atoms with van der Waals surface area (Å²) in [4.78, 5) is 41.0. The Hall–Kier alpha value is -2.13. The van der Waals surface area contributed by atoms with Crippen LogP contribution in [0.2, 0.25) is 0 Å². The Morgan fingerprint density at radius 2 is 2.30 bits per heavy atom. The molecule has 0 aliphatic heterocycles. The zero-order valence-corrected chi connectivity index (χ0v) is 14.1. The lowest BCUT2D eigenvalue weighted by Crippen LogP contribution is -2.36. The molecule has 7 nitrogen and oxygen atoms in total. The molecule has 0 aliphatic carbocycles. The lowest BCUT2D eigenvalue weighted by atomic mass is 10.3. The van der Waals surface area contributed by atoms with Crippen LogP contribution in [-0.4, -0.2) is 27.2 Å². The average Bonchev–Trinajstić information content (AvgIpc) is 2.91. The van der Waals surface area contributed by atoms with Gasteiger partial charge in [-0.15, -0.1) is 17.9 Å². The van der Waals surface area contributed by atoms with E-state index in [1.165, 1.54) is 15.9 Å². The van der Waals surface area contributed by atoms with E-state index in [2.05, 4.69) is 11.6 Å². The van der Waals surface area contributed by atoms with Gasteiger partial charge in [0.25, 0.3) is 5.56 Å². The first-order valence-corrected chi connectivity index (χ1v) is 8.62. The number of hydrogen-bond acceptors (Lipinski definition) is 6. The Morgan fingerprint density at radius 3 is 2.91 bits per heavy atom. The summed E-state index contributed by atoms with van der Waals surface area (Å²) < 4.78 is 1.46. The van der Waals surface area contributed by atoms with Crippen molar-refractivity contribution in [3.63, 3.8) is 0 Å². The molecule has 2 rings (SSSR count). The lowest BCUT2D eigenvalue weighted by Gasteiger charge is -2.09. The minimum absolute atomic E-state index is 0.0654. The molecule has 0 spiro atoms. The molecule has 0 aliphatic rings. The fourth-order valence-electron chi connectivity index (χ4n) is 1.93. The number of amides is 3. The van der Waals surface area contributed by atoms with Crippen molar-refractivity contribution in [2.75, 3.05) is 5.75 Å². The van der Waals surface area contributed by atoms with E-state index in [1.807, 2.05) is 18.3 Å². The van der Waals surface area contributed by atoms with Crippen LogP contribution in [-0.2, 0) is 17.8 Å². The molecule has 0 radical (unpaired) electrons. The van der Waals surface area contributed by atoms with E-state index in [-0.39, 0.29) is 11.3 Å². The number of nitrogens with one attached hydrogen (secondary N) is 1. The summed E-state index contributed by atoms with van der Waals surface area (Å²) in [5.41, 5.74) is 4.73. The number of thiophene rings is 1. The molecular formula is C14H16N4O3S2. The number of aryl methyl sites for hydroxylation is 1. The Morgan fingerprint density at radius 1 is 1.57 bits per heavy atom. The second-order valence-corrected chi connectivity index (χ2v) is 6.64. The van der Waals surface area contributed by atoms with Crippen LogP contribution >= 0.6 is 23.1 Å². The minimum Gasteiger partial charge on any atom is -0.351 e. The summed E-state index contributed by atoms with van der Waals surface area (Å²) in [5.74, 6) is -0.605. The molecule has 2 aromatic heterocycles. The molecule has 0 bridgehead atoms. The number of primary amides is 1. The second-order valence-electron chi connectivity index (χ2n) is 4.59. The first kappa shape index (κ1) is 17.2. The zero-order valence-electron chi connectivity index (χ0n) is 12.5. The molecule has 2 aromatic rings. The standard InChI is InChI=1S/C14H16N4O3S2/c1-3-5-18-12(20)9-6-8(4-2)23-11(9)17-14(18)22-7-10(19)16-13(15)21/h3,6H,1,4-5,7H2,2H3,(H3,15,16,19,21). The number of nitrogens with zero attached hydrogens (tertiary/aromatic N) is 2. The number of allylic oxidation sites excluding steroid dienone is 1. The largest absolute Gasteiger partial charge is 0.351 e. The van der Waals surface area contributed by atoms with Crippen molar-refractivity contribution in [3.8, 4) is 0 Å². The molecule has 0 fully saturated rings. The average molecular weight is 352 g/mol. The fraction of sp³-hybridized carbons (Fsp3) is 0.286. The van der Waals surface area contributed by atoms with Crippen LogP contribution in [0.3, 0.4) is 0 Å². The summed E-state index contributed by atoms with van der Waals surface area (Å²) in [7, 11) is 0. The monoisotopic (exact) mass is 352 g/mol. The van der Waals surface area contributed by atoms with Crippen molar-refractivity contribution < 1.29 is 9.59 Å².